The van der Waals surface area contributed by atoms with Gasteiger partial charge < -0.3 is 24.3 Å². The van der Waals surface area contributed by atoms with Crippen LogP contribution in [-0.4, -0.2) is 85.0 Å². The highest BCUT2D eigenvalue weighted by Gasteiger charge is 2.35. The van der Waals surface area contributed by atoms with Gasteiger partial charge >= 0.3 is 0 Å². The molecule has 2 heterocycles. The molecule has 0 bridgehead atoms. The predicted molar refractivity (Wildman–Crippen MR) is 134 cm³/mol. The maximum Gasteiger partial charge on any atom is 0.262 e. The summed E-state index contributed by atoms with van der Waals surface area (Å²) in [6, 6.07) is 4.26. The van der Waals surface area contributed by atoms with E-state index in [9.17, 15) is 18.0 Å². The third-order valence-electron chi connectivity index (χ3n) is 6.25. The summed E-state index contributed by atoms with van der Waals surface area (Å²) in [5.41, 5.74) is 0.739. The van der Waals surface area contributed by atoms with E-state index in [0.717, 1.165) is 0 Å². The lowest BCUT2D eigenvalue weighted by Gasteiger charge is -2.35. The number of aromatic nitrogens is 2. The zero-order valence-corrected chi connectivity index (χ0v) is 22.4. The summed E-state index contributed by atoms with van der Waals surface area (Å²) in [5.74, 6) is -0.425. The molecule has 3 rings (SSSR count). The van der Waals surface area contributed by atoms with Crippen molar-refractivity contribution in [2.24, 2.45) is 13.0 Å². The smallest absolute Gasteiger partial charge is 0.262 e. The standard InChI is InChI=1S/C24H35N5O6S/c1-7-22(30)26-18-8-9-20-19(10-18)24(31)28(5)12-21(34-6)16(2)11-29(17(3)14-35-20)36(32,33)23-13-27(4)15-25-23/h8-10,13,15-17,21H,7,11-12,14H2,1-6H3,(H,26,30)/t16-,17-,21-/m1/s1. The number of rotatable bonds is 5. The molecule has 0 unspecified atom stereocenters. The number of carbonyl (C=O) groups excluding carboxylic acids is 2. The van der Waals surface area contributed by atoms with Crippen molar-refractivity contribution in [2.75, 3.05) is 39.2 Å². The average molecular weight is 522 g/mol. The SMILES string of the molecule is CCC(=O)Nc1ccc2c(c1)C(=O)N(C)C[C@@H](OC)[C@H](C)CN(S(=O)(=O)c1cn(C)cn1)[C@H](C)CO2. The summed E-state index contributed by atoms with van der Waals surface area (Å²) < 4.78 is 41.8. The first-order valence-electron chi connectivity index (χ1n) is 11.8. The molecule has 36 heavy (non-hydrogen) atoms. The average Bonchev–Trinajstić information content (AvgIpc) is 3.30. The molecular weight excluding hydrogens is 486 g/mol. The van der Waals surface area contributed by atoms with Gasteiger partial charge in [-0.25, -0.2) is 13.4 Å². The molecule has 198 valence electrons. The number of aryl methyl sites for hydroxylation is 1. The Morgan fingerprint density at radius 3 is 2.58 bits per heavy atom. The van der Waals surface area contributed by atoms with Gasteiger partial charge in [-0.05, 0) is 31.0 Å². The molecule has 11 nitrogen and oxygen atoms in total. The number of methoxy groups -OCH3 is 1. The Hall–Kier alpha value is -2.96. The van der Waals surface area contributed by atoms with Crippen LogP contribution in [0.4, 0.5) is 5.69 Å². The van der Waals surface area contributed by atoms with E-state index in [2.05, 4.69) is 10.3 Å². The molecule has 1 aromatic heterocycles. The number of hydrogen-bond donors (Lipinski definition) is 1. The van der Waals surface area contributed by atoms with Gasteiger partial charge in [-0.2, -0.15) is 4.31 Å². The summed E-state index contributed by atoms with van der Waals surface area (Å²) >= 11 is 0. The highest BCUT2D eigenvalue weighted by molar-refractivity contribution is 7.89. The van der Waals surface area contributed by atoms with E-state index in [0.29, 0.717) is 17.9 Å². The van der Waals surface area contributed by atoms with Crippen molar-refractivity contribution in [3.05, 3.63) is 36.3 Å². The molecule has 0 aliphatic carbocycles. The zero-order valence-electron chi connectivity index (χ0n) is 21.6. The Bertz CT molecular complexity index is 1200. The van der Waals surface area contributed by atoms with Crippen LogP contribution >= 0.6 is 0 Å². The Labute approximate surface area is 212 Å². The summed E-state index contributed by atoms with van der Waals surface area (Å²) in [7, 11) is 0.972. The first-order valence-corrected chi connectivity index (χ1v) is 13.3. The number of sulfonamides is 1. The fourth-order valence-corrected chi connectivity index (χ4v) is 5.73. The number of hydrogen-bond acceptors (Lipinski definition) is 7. The molecule has 2 amide bonds. The van der Waals surface area contributed by atoms with Crippen molar-refractivity contribution in [1.82, 2.24) is 18.8 Å². The van der Waals surface area contributed by atoms with Crippen molar-refractivity contribution in [2.45, 2.75) is 44.4 Å². The van der Waals surface area contributed by atoms with Crippen LogP contribution in [0.2, 0.25) is 0 Å². The van der Waals surface area contributed by atoms with E-state index in [1.165, 1.54) is 21.7 Å². The van der Waals surface area contributed by atoms with Crippen LogP contribution in [0.15, 0.2) is 35.7 Å². The molecule has 12 heteroatoms. The van der Waals surface area contributed by atoms with Gasteiger partial charge in [0, 0.05) is 52.6 Å². The number of amides is 2. The molecule has 0 spiro atoms. The van der Waals surface area contributed by atoms with Crippen LogP contribution in [-0.2, 0) is 26.6 Å². The first-order chi connectivity index (χ1) is 17.0. The summed E-state index contributed by atoms with van der Waals surface area (Å²) in [4.78, 5) is 30.8. The second-order valence-corrected chi connectivity index (χ2v) is 11.0. The van der Waals surface area contributed by atoms with Gasteiger partial charge in [0.1, 0.15) is 12.4 Å². The van der Waals surface area contributed by atoms with Gasteiger partial charge in [-0.15, -0.1) is 0 Å². The van der Waals surface area contributed by atoms with E-state index in [-0.39, 0.29) is 48.0 Å². The lowest BCUT2D eigenvalue weighted by molar-refractivity contribution is -0.115. The van der Waals surface area contributed by atoms with Gasteiger partial charge in [-0.1, -0.05) is 13.8 Å². The van der Waals surface area contributed by atoms with Gasteiger partial charge in [-0.3, -0.25) is 9.59 Å². The van der Waals surface area contributed by atoms with Crippen molar-refractivity contribution < 1.29 is 27.5 Å². The summed E-state index contributed by atoms with van der Waals surface area (Å²) in [6.45, 7) is 5.76. The number of anilines is 1. The molecule has 1 aromatic carbocycles. The number of ether oxygens (including phenoxy) is 2. The molecule has 3 atom stereocenters. The molecule has 2 aromatic rings. The van der Waals surface area contributed by atoms with Crippen molar-refractivity contribution in [1.29, 1.82) is 0 Å². The van der Waals surface area contributed by atoms with E-state index >= 15 is 0 Å². The van der Waals surface area contributed by atoms with Crippen LogP contribution in [0.3, 0.4) is 0 Å². The molecular formula is C24H35N5O6S. The lowest BCUT2D eigenvalue weighted by Crippen LogP contribution is -2.48. The highest BCUT2D eigenvalue weighted by Crippen LogP contribution is 2.28. The monoisotopic (exact) mass is 521 g/mol. The second-order valence-electron chi connectivity index (χ2n) is 9.16. The number of carbonyl (C=O) groups is 2. The van der Waals surface area contributed by atoms with Gasteiger partial charge in [0.2, 0.25) is 5.91 Å². The third-order valence-corrected chi connectivity index (χ3v) is 8.11. The van der Waals surface area contributed by atoms with Crippen LogP contribution in [0.25, 0.3) is 0 Å². The Balaban J connectivity index is 2.03. The first kappa shape index (κ1) is 27.6. The summed E-state index contributed by atoms with van der Waals surface area (Å²) in [6.07, 6.45) is 2.77. The van der Waals surface area contributed by atoms with E-state index < -0.39 is 22.2 Å². The molecule has 1 aliphatic heterocycles. The number of nitrogens with zero attached hydrogens (tertiary/aromatic N) is 4. The Kier molecular flexibility index (Phi) is 8.75. The number of likely N-dealkylation sites (N-methyl/N-ethyl adjacent to an activating group) is 1. The van der Waals surface area contributed by atoms with Gasteiger partial charge in [0.15, 0.2) is 5.03 Å². The molecule has 1 N–H and O–H groups in total. The fourth-order valence-electron chi connectivity index (χ4n) is 4.05. The highest BCUT2D eigenvalue weighted by atomic mass is 32.2. The van der Waals surface area contributed by atoms with E-state index in [1.807, 2.05) is 6.92 Å². The lowest BCUT2D eigenvalue weighted by atomic mass is 10.0. The molecule has 1 aliphatic rings. The normalized spacial score (nSPS) is 22.2. The van der Waals surface area contributed by atoms with Crippen LogP contribution in [0.1, 0.15) is 37.6 Å². The van der Waals surface area contributed by atoms with E-state index in [1.54, 1.807) is 57.8 Å². The van der Waals surface area contributed by atoms with Gasteiger partial charge in [0.25, 0.3) is 15.9 Å². The predicted octanol–water partition coefficient (Wildman–Crippen LogP) is 1.96. The minimum absolute atomic E-state index is 0.00108. The number of fused-ring (bicyclic) bond motifs is 1. The van der Waals surface area contributed by atoms with Crippen molar-refractivity contribution >= 4 is 27.5 Å². The largest absolute Gasteiger partial charge is 0.491 e. The van der Waals surface area contributed by atoms with Crippen LogP contribution in [0, 0.1) is 5.92 Å². The minimum Gasteiger partial charge on any atom is -0.491 e. The van der Waals surface area contributed by atoms with Crippen LogP contribution in [0.5, 0.6) is 5.75 Å². The zero-order chi connectivity index (χ0) is 26.6. The van der Waals surface area contributed by atoms with E-state index in [4.69, 9.17) is 9.47 Å². The summed E-state index contributed by atoms with van der Waals surface area (Å²) in [5, 5.41) is 2.71. The maximum absolute atomic E-state index is 13.6. The Morgan fingerprint density at radius 1 is 1.25 bits per heavy atom. The minimum atomic E-state index is -3.93. The van der Waals surface area contributed by atoms with Crippen molar-refractivity contribution in [3.63, 3.8) is 0 Å². The quantitative estimate of drug-likeness (QED) is 0.638. The second kappa shape index (κ2) is 11.4. The molecule has 0 radical (unpaired) electrons. The Morgan fingerprint density at radius 2 is 1.97 bits per heavy atom. The molecule has 0 fully saturated rings. The fraction of sp³-hybridized carbons (Fsp3) is 0.542. The van der Waals surface area contributed by atoms with Crippen molar-refractivity contribution in [3.8, 4) is 5.75 Å². The maximum atomic E-state index is 13.6. The number of benzene rings is 1. The topological polar surface area (TPSA) is 123 Å². The number of imidazole rings is 1. The van der Waals surface area contributed by atoms with Gasteiger partial charge in [0.05, 0.1) is 24.0 Å². The molecule has 0 saturated carbocycles. The number of nitrogens with one attached hydrogen (secondary N) is 1. The third kappa shape index (κ3) is 6.05. The van der Waals surface area contributed by atoms with Crippen LogP contribution < -0.4 is 10.1 Å². The molecule has 0 saturated heterocycles.